The Balaban J connectivity index is 1.77. The number of aliphatic hydroxyl groups is 1. The van der Waals surface area contributed by atoms with Gasteiger partial charge in [-0.25, -0.2) is 0 Å². The van der Waals surface area contributed by atoms with Crippen LogP contribution in [-0.4, -0.2) is 5.11 Å². The van der Waals surface area contributed by atoms with Crippen LogP contribution in [0.5, 0.6) is 0 Å². The van der Waals surface area contributed by atoms with Crippen LogP contribution in [0.25, 0.3) is 10.8 Å². The maximum Gasteiger partial charge on any atom is 0.0829 e. The van der Waals surface area contributed by atoms with Gasteiger partial charge in [-0.2, -0.15) is 0 Å². The minimum atomic E-state index is -0.263. The SMILES string of the molecule is Cc1ccc(C(O)C2C3CCCC32)c2ccccc12. The van der Waals surface area contributed by atoms with E-state index in [-0.39, 0.29) is 6.10 Å². The minimum absolute atomic E-state index is 0.263. The molecule has 1 heteroatoms. The van der Waals surface area contributed by atoms with Crippen LogP contribution in [-0.2, 0) is 0 Å². The van der Waals surface area contributed by atoms with Crippen molar-refractivity contribution in [2.75, 3.05) is 0 Å². The van der Waals surface area contributed by atoms with Crippen molar-refractivity contribution in [2.24, 2.45) is 17.8 Å². The second-order valence-corrected chi connectivity index (χ2v) is 6.30. The molecule has 2 aliphatic rings. The largest absolute Gasteiger partial charge is 0.388 e. The van der Waals surface area contributed by atoms with Crippen LogP contribution < -0.4 is 0 Å². The smallest absolute Gasteiger partial charge is 0.0829 e. The number of rotatable bonds is 2. The Morgan fingerprint density at radius 3 is 2.42 bits per heavy atom. The highest BCUT2D eigenvalue weighted by Gasteiger charge is 2.56. The third kappa shape index (κ3) is 1.64. The number of aliphatic hydroxyl groups excluding tert-OH is 1. The summed E-state index contributed by atoms with van der Waals surface area (Å²) in [5.74, 6) is 2.13. The molecule has 3 unspecified atom stereocenters. The Morgan fingerprint density at radius 1 is 1.00 bits per heavy atom. The maximum atomic E-state index is 10.8. The van der Waals surface area contributed by atoms with Gasteiger partial charge >= 0.3 is 0 Å². The Hall–Kier alpha value is -1.34. The fourth-order valence-electron chi connectivity index (χ4n) is 4.28. The molecular formula is C18H20O. The van der Waals surface area contributed by atoms with E-state index in [0.29, 0.717) is 5.92 Å². The van der Waals surface area contributed by atoms with E-state index in [2.05, 4.69) is 43.3 Å². The monoisotopic (exact) mass is 252 g/mol. The summed E-state index contributed by atoms with van der Waals surface area (Å²) in [5, 5.41) is 13.3. The molecule has 0 amide bonds. The zero-order chi connectivity index (χ0) is 13.0. The van der Waals surface area contributed by atoms with Crippen molar-refractivity contribution in [1.29, 1.82) is 0 Å². The fourth-order valence-corrected chi connectivity index (χ4v) is 4.28. The molecular weight excluding hydrogens is 232 g/mol. The topological polar surface area (TPSA) is 20.2 Å². The van der Waals surface area contributed by atoms with Crippen molar-refractivity contribution in [2.45, 2.75) is 32.3 Å². The van der Waals surface area contributed by atoms with Gasteiger partial charge in [-0.15, -0.1) is 0 Å². The van der Waals surface area contributed by atoms with Crippen LogP contribution in [0.3, 0.4) is 0 Å². The molecule has 2 aromatic rings. The van der Waals surface area contributed by atoms with Gasteiger partial charge in [0.05, 0.1) is 6.10 Å². The summed E-state index contributed by atoms with van der Waals surface area (Å²) < 4.78 is 0. The van der Waals surface area contributed by atoms with Gasteiger partial charge in [0.15, 0.2) is 0 Å². The average Bonchev–Trinajstić information content (AvgIpc) is 2.92. The first kappa shape index (κ1) is 11.5. The zero-order valence-corrected chi connectivity index (χ0v) is 11.3. The van der Waals surface area contributed by atoms with Crippen molar-refractivity contribution in [1.82, 2.24) is 0 Å². The number of aryl methyl sites for hydroxylation is 1. The molecule has 0 radical (unpaired) electrons. The average molecular weight is 252 g/mol. The Kier molecular flexibility index (Phi) is 2.46. The molecule has 2 fully saturated rings. The molecule has 1 N–H and O–H groups in total. The van der Waals surface area contributed by atoms with Gasteiger partial charge in [0.25, 0.3) is 0 Å². The normalized spacial score (nSPS) is 30.3. The van der Waals surface area contributed by atoms with E-state index in [1.165, 1.54) is 35.6 Å². The molecule has 0 heterocycles. The second-order valence-electron chi connectivity index (χ2n) is 6.30. The Bertz CT molecular complexity index is 621. The van der Waals surface area contributed by atoms with Gasteiger partial charge < -0.3 is 5.11 Å². The lowest BCUT2D eigenvalue weighted by Gasteiger charge is -2.16. The predicted octanol–water partition coefficient (Wildman–Crippen LogP) is 4.23. The first-order valence-electron chi connectivity index (χ1n) is 7.43. The van der Waals surface area contributed by atoms with Crippen LogP contribution in [0.1, 0.15) is 36.5 Å². The van der Waals surface area contributed by atoms with Crippen LogP contribution in [0, 0.1) is 24.7 Å². The predicted molar refractivity (Wildman–Crippen MR) is 78.0 cm³/mol. The minimum Gasteiger partial charge on any atom is -0.388 e. The van der Waals surface area contributed by atoms with E-state index >= 15 is 0 Å². The standard InChI is InChI=1S/C18H20O/c1-11-9-10-16(13-6-3-2-5-12(11)13)18(19)17-14-7-4-8-15(14)17/h2-3,5-6,9-10,14-15,17-19H,4,7-8H2,1H3. The molecule has 4 rings (SSSR count). The van der Waals surface area contributed by atoms with Crippen LogP contribution in [0.4, 0.5) is 0 Å². The van der Waals surface area contributed by atoms with Crippen LogP contribution in [0.15, 0.2) is 36.4 Å². The Labute approximate surface area is 114 Å². The number of fused-ring (bicyclic) bond motifs is 2. The maximum absolute atomic E-state index is 10.8. The van der Waals surface area contributed by atoms with E-state index < -0.39 is 0 Å². The van der Waals surface area contributed by atoms with Crippen molar-refractivity contribution in [3.05, 3.63) is 47.5 Å². The molecule has 2 saturated carbocycles. The van der Waals surface area contributed by atoms with E-state index in [1.54, 1.807) is 0 Å². The molecule has 19 heavy (non-hydrogen) atoms. The third-order valence-corrected chi connectivity index (χ3v) is 5.33. The molecule has 2 aromatic carbocycles. The molecule has 2 aliphatic carbocycles. The van der Waals surface area contributed by atoms with Gasteiger partial charge in [-0.1, -0.05) is 42.8 Å². The third-order valence-electron chi connectivity index (χ3n) is 5.33. The van der Waals surface area contributed by atoms with Crippen LogP contribution >= 0.6 is 0 Å². The molecule has 0 bridgehead atoms. The quantitative estimate of drug-likeness (QED) is 0.848. The number of hydrogen-bond donors (Lipinski definition) is 1. The first-order valence-corrected chi connectivity index (χ1v) is 7.43. The lowest BCUT2D eigenvalue weighted by Crippen LogP contribution is -2.05. The Morgan fingerprint density at radius 2 is 1.68 bits per heavy atom. The molecule has 0 spiro atoms. The fraction of sp³-hybridized carbons (Fsp3) is 0.444. The van der Waals surface area contributed by atoms with Gasteiger partial charge in [-0.3, -0.25) is 0 Å². The summed E-state index contributed by atoms with van der Waals surface area (Å²) in [5.41, 5.74) is 2.43. The molecule has 98 valence electrons. The van der Waals surface area contributed by atoms with Crippen molar-refractivity contribution < 1.29 is 5.11 Å². The van der Waals surface area contributed by atoms with Crippen LogP contribution in [0.2, 0.25) is 0 Å². The van der Waals surface area contributed by atoms with E-state index in [9.17, 15) is 5.11 Å². The first-order chi connectivity index (χ1) is 9.27. The highest BCUT2D eigenvalue weighted by atomic mass is 16.3. The summed E-state index contributed by atoms with van der Waals surface area (Å²) in [7, 11) is 0. The molecule has 1 nitrogen and oxygen atoms in total. The van der Waals surface area contributed by atoms with Crippen molar-refractivity contribution >= 4 is 10.8 Å². The summed E-state index contributed by atoms with van der Waals surface area (Å²) in [6.07, 6.45) is 3.76. The number of hydrogen-bond acceptors (Lipinski definition) is 1. The highest BCUT2D eigenvalue weighted by molar-refractivity contribution is 5.88. The van der Waals surface area contributed by atoms with Crippen molar-refractivity contribution in [3.8, 4) is 0 Å². The summed E-state index contributed by atoms with van der Waals surface area (Å²) >= 11 is 0. The molecule has 0 aromatic heterocycles. The van der Waals surface area contributed by atoms with Gasteiger partial charge in [0.1, 0.15) is 0 Å². The number of benzene rings is 2. The summed E-state index contributed by atoms with van der Waals surface area (Å²) in [6, 6.07) is 12.8. The van der Waals surface area contributed by atoms with Gasteiger partial charge in [-0.05, 0) is 59.4 Å². The van der Waals surface area contributed by atoms with E-state index in [0.717, 1.165) is 17.4 Å². The summed E-state index contributed by atoms with van der Waals surface area (Å²) in [6.45, 7) is 2.14. The molecule has 0 saturated heterocycles. The lowest BCUT2D eigenvalue weighted by atomic mass is 9.93. The highest BCUT2D eigenvalue weighted by Crippen LogP contribution is 2.62. The van der Waals surface area contributed by atoms with Crippen molar-refractivity contribution in [3.63, 3.8) is 0 Å². The van der Waals surface area contributed by atoms with Gasteiger partial charge in [0.2, 0.25) is 0 Å². The lowest BCUT2D eigenvalue weighted by molar-refractivity contribution is 0.138. The molecule has 0 aliphatic heterocycles. The second kappa shape index (κ2) is 4.08. The van der Waals surface area contributed by atoms with E-state index in [1.807, 2.05) is 0 Å². The summed E-state index contributed by atoms with van der Waals surface area (Å²) in [4.78, 5) is 0. The zero-order valence-electron chi connectivity index (χ0n) is 11.3. The van der Waals surface area contributed by atoms with E-state index in [4.69, 9.17) is 0 Å². The van der Waals surface area contributed by atoms with Gasteiger partial charge in [0, 0.05) is 0 Å². The molecule has 3 atom stereocenters.